The Labute approximate surface area is 117 Å². The van der Waals surface area contributed by atoms with E-state index in [1.807, 2.05) is 20.8 Å². The van der Waals surface area contributed by atoms with Crippen molar-refractivity contribution in [1.29, 1.82) is 0 Å². The fourth-order valence-corrected chi connectivity index (χ4v) is 2.58. The zero-order chi connectivity index (χ0) is 15.3. The Morgan fingerprint density at radius 2 is 1.80 bits per heavy atom. The number of rotatable bonds is 2. The third kappa shape index (κ3) is 2.59. The summed E-state index contributed by atoms with van der Waals surface area (Å²) >= 11 is 0. The monoisotopic (exact) mass is 297 g/mol. The molecular formula is C13H15NO5S. The first-order chi connectivity index (χ1) is 9.00. The summed E-state index contributed by atoms with van der Waals surface area (Å²) in [5, 5.41) is 0. The van der Waals surface area contributed by atoms with Gasteiger partial charge in [0.2, 0.25) is 0 Å². The SMILES string of the molecule is CC(C)(C)CN1C(=O)C(=O)c2cc(S(=O)(=O)O)ccc21. The van der Waals surface area contributed by atoms with Crippen LogP contribution in [0.15, 0.2) is 23.1 Å². The van der Waals surface area contributed by atoms with Crippen LogP contribution in [0.25, 0.3) is 0 Å². The fraction of sp³-hybridized carbons (Fsp3) is 0.385. The van der Waals surface area contributed by atoms with Gasteiger partial charge < -0.3 is 4.90 Å². The molecule has 1 aromatic rings. The molecule has 0 atom stereocenters. The first-order valence-corrected chi connectivity index (χ1v) is 7.42. The van der Waals surface area contributed by atoms with Gasteiger partial charge in [0, 0.05) is 6.54 Å². The number of fused-ring (bicyclic) bond motifs is 1. The van der Waals surface area contributed by atoms with E-state index >= 15 is 0 Å². The Morgan fingerprint density at radius 1 is 1.20 bits per heavy atom. The Bertz CT molecular complexity index is 700. The second-order valence-electron chi connectivity index (χ2n) is 5.94. The average Bonchev–Trinajstić information content (AvgIpc) is 2.51. The van der Waals surface area contributed by atoms with Gasteiger partial charge in [0.1, 0.15) is 0 Å². The molecule has 0 saturated carbocycles. The van der Waals surface area contributed by atoms with Gasteiger partial charge in [0.05, 0.1) is 16.1 Å². The highest BCUT2D eigenvalue weighted by Gasteiger charge is 2.38. The number of amides is 1. The first kappa shape index (κ1) is 14.7. The van der Waals surface area contributed by atoms with Crippen molar-refractivity contribution in [1.82, 2.24) is 0 Å². The van der Waals surface area contributed by atoms with E-state index < -0.39 is 26.7 Å². The van der Waals surface area contributed by atoms with Gasteiger partial charge in [-0.25, -0.2) is 0 Å². The average molecular weight is 297 g/mol. The number of hydrogen-bond acceptors (Lipinski definition) is 4. The molecule has 1 heterocycles. The van der Waals surface area contributed by atoms with Gasteiger partial charge in [0.25, 0.3) is 21.8 Å². The minimum absolute atomic E-state index is 0.00868. The molecule has 1 N–H and O–H groups in total. The van der Waals surface area contributed by atoms with Gasteiger partial charge in [-0.1, -0.05) is 20.8 Å². The Hall–Kier alpha value is -1.73. The van der Waals surface area contributed by atoms with Crippen LogP contribution in [-0.4, -0.2) is 31.2 Å². The Balaban J connectivity index is 2.53. The van der Waals surface area contributed by atoms with Gasteiger partial charge in [-0.2, -0.15) is 8.42 Å². The zero-order valence-electron chi connectivity index (χ0n) is 11.4. The standard InChI is InChI=1S/C13H15NO5S/c1-13(2,3)7-14-10-5-4-8(20(17,18)19)6-9(10)11(15)12(14)16/h4-6H,7H2,1-3H3,(H,17,18,19). The molecule has 0 aromatic heterocycles. The van der Waals surface area contributed by atoms with Crippen molar-refractivity contribution in [2.45, 2.75) is 25.7 Å². The number of ketones is 1. The number of anilines is 1. The van der Waals surface area contributed by atoms with E-state index in [-0.39, 0.29) is 11.0 Å². The summed E-state index contributed by atoms with van der Waals surface area (Å²) in [7, 11) is -4.40. The zero-order valence-corrected chi connectivity index (χ0v) is 12.2. The molecule has 0 saturated heterocycles. The molecule has 108 valence electrons. The van der Waals surface area contributed by atoms with E-state index in [0.29, 0.717) is 12.2 Å². The molecule has 0 bridgehead atoms. The molecule has 0 radical (unpaired) electrons. The minimum Gasteiger partial charge on any atom is -0.304 e. The van der Waals surface area contributed by atoms with Crippen LogP contribution in [0.3, 0.4) is 0 Å². The number of nitrogens with zero attached hydrogens (tertiary/aromatic N) is 1. The Morgan fingerprint density at radius 3 is 2.30 bits per heavy atom. The second-order valence-corrected chi connectivity index (χ2v) is 7.36. The predicted octanol–water partition coefficient (Wildman–Crippen LogP) is 1.51. The van der Waals surface area contributed by atoms with Gasteiger partial charge in [-0.05, 0) is 23.6 Å². The summed E-state index contributed by atoms with van der Waals surface area (Å²) < 4.78 is 31.1. The molecule has 7 heteroatoms. The number of Topliss-reactive ketones (excluding diaryl/α,β-unsaturated/α-hetero) is 1. The van der Waals surface area contributed by atoms with Crippen LogP contribution < -0.4 is 4.90 Å². The van der Waals surface area contributed by atoms with Crippen molar-refractivity contribution in [3.8, 4) is 0 Å². The smallest absolute Gasteiger partial charge is 0.299 e. The van der Waals surface area contributed by atoms with Crippen molar-refractivity contribution >= 4 is 27.5 Å². The first-order valence-electron chi connectivity index (χ1n) is 5.98. The molecule has 6 nitrogen and oxygen atoms in total. The quantitative estimate of drug-likeness (QED) is 0.660. The van der Waals surface area contributed by atoms with Crippen LogP contribution >= 0.6 is 0 Å². The molecule has 1 aliphatic heterocycles. The lowest BCUT2D eigenvalue weighted by atomic mass is 9.96. The topological polar surface area (TPSA) is 91.8 Å². The van der Waals surface area contributed by atoms with Crippen LogP contribution in [0, 0.1) is 5.41 Å². The van der Waals surface area contributed by atoms with Gasteiger partial charge in [0.15, 0.2) is 0 Å². The maximum Gasteiger partial charge on any atom is 0.299 e. The van der Waals surface area contributed by atoms with Crippen molar-refractivity contribution in [2.24, 2.45) is 5.41 Å². The lowest BCUT2D eigenvalue weighted by molar-refractivity contribution is -0.114. The Kier molecular flexibility index (Phi) is 3.22. The van der Waals surface area contributed by atoms with E-state index in [1.165, 1.54) is 17.0 Å². The number of carbonyl (C=O) groups excluding carboxylic acids is 2. The molecule has 1 aromatic carbocycles. The van der Waals surface area contributed by atoms with Crippen molar-refractivity contribution in [3.63, 3.8) is 0 Å². The van der Waals surface area contributed by atoms with E-state index in [9.17, 15) is 18.0 Å². The van der Waals surface area contributed by atoms with Gasteiger partial charge in [-0.3, -0.25) is 14.1 Å². The highest BCUT2D eigenvalue weighted by atomic mass is 32.2. The molecule has 1 amide bonds. The van der Waals surface area contributed by atoms with Crippen molar-refractivity contribution in [3.05, 3.63) is 23.8 Å². The molecular weight excluding hydrogens is 282 g/mol. The summed E-state index contributed by atoms with van der Waals surface area (Å²) in [5.74, 6) is -1.43. The molecule has 0 fully saturated rings. The maximum atomic E-state index is 12.0. The highest BCUT2D eigenvalue weighted by Crippen LogP contribution is 2.33. The fourth-order valence-electron chi connectivity index (χ4n) is 2.07. The van der Waals surface area contributed by atoms with E-state index in [2.05, 4.69) is 0 Å². The minimum atomic E-state index is -4.40. The molecule has 20 heavy (non-hydrogen) atoms. The number of benzene rings is 1. The normalized spacial score (nSPS) is 15.7. The van der Waals surface area contributed by atoms with Crippen molar-refractivity contribution < 1.29 is 22.6 Å². The van der Waals surface area contributed by atoms with Crippen LogP contribution in [0.2, 0.25) is 0 Å². The molecule has 0 aliphatic carbocycles. The molecule has 0 unspecified atom stereocenters. The number of carbonyl (C=O) groups is 2. The third-order valence-electron chi connectivity index (χ3n) is 2.87. The summed E-state index contributed by atoms with van der Waals surface area (Å²) in [6.45, 7) is 6.12. The van der Waals surface area contributed by atoms with E-state index in [1.54, 1.807) is 0 Å². The van der Waals surface area contributed by atoms with E-state index in [0.717, 1.165) is 6.07 Å². The molecule has 2 rings (SSSR count). The van der Waals surface area contributed by atoms with Crippen LogP contribution in [0.5, 0.6) is 0 Å². The highest BCUT2D eigenvalue weighted by molar-refractivity contribution is 7.85. The molecule has 1 aliphatic rings. The van der Waals surface area contributed by atoms with Crippen molar-refractivity contribution in [2.75, 3.05) is 11.4 Å². The summed E-state index contributed by atoms with van der Waals surface area (Å²) in [6, 6.07) is 3.58. The van der Waals surface area contributed by atoms with Crippen LogP contribution in [-0.2, 0) is 14.9 Å². The summed E-state index contributed by atoms with van der Waals surface area (Å²) in [4.78, 5) is 24.8. The summed E-state index contributed by atoms with van der Waals surface area (Å²) in [5.41, 5.74) is 0.177. The van der Waals surface area contributed by atoms with Gasteiger partial charge in [-0.15, -0.1) is 0 Å². The lowest BCUT2D eigenvalue weighted by Crippen LogP contribution is -2.36. The predicted molar refractivity (Wildman–Crippen MR) is 72.4 cm³/mol. The maximum absolute atomic E-state index is 12.0. The van der Waals surface area contributed by atoms with Crippen LogP contribution in [0.1, 0.15) is 31.1 Å². The lowest BCUT2D eigenvalue weighted by Gasteiger charge is -2.26. The third-order valence-corrected chi connectivity index (χ3v) is 3.72. The van der Waals surface area contributed by atoms with E-state index in [4.69, 9.17) is 4.55 Å². The van der Waals surface area contributed by atoms with Crippen LogP contribution in [0.4, 0.5) is 5.69 Å². The van der Waals surface area contributed by atoms with Gasteiger partial charge >= 0.3 is 0 Å². The second kappa shape index (κ2) is 4.39. The number of hydrogen-bond donors (Lipinski definition) is 1. The largest absolute Gasteiger partial charge is 0.304 e. The summed E-state index contributed by atoms with van der Waals surface area (Å²) in [6.07, 6.45) is 0. The molecule has 0 spiro atoms.